The number of nitrogens with zero attached hydrogens (tertiary/aromatic N) is 3. The van der Waals surface area contributed by atoms with Crippen LogP contribution in [-0.2, 0) is 17.8 Å². The molecule has 2 atom stereocenters. The maximum absolute atomic E-state index is 12.8. The van der Waals surface area contributed by atoms with Gasteiger partial charge in [0.2, 0.25) is 5.91 Å². The summed E-state index contributed by atoms with van der Waals surface area (Å²) in [4.78, 5) is 37.5. The summed E-state index contributed by atoms with van der Waals surface area (Å²) in [5, 5.41) is 11.1. The van der Waals surface area contributed by atoms with Gasteiger partial charge in [-0.15, -0.1) is 0 Å². The molecule has 2 aromatic rings. The van der Waals surface area contributed by atoms with Gasteiger partial charge in [-0.1, -0.05) is 12.1 Å². The average Bonchev–Trinajstić information content (AvgIpc) is 2.72. The molecule has 4 rings (SSSR count). The average molecular weight is 397 g/mol. The number of nitro groups is 1. The van der Waals surface area contributed by atoms with Crippen LogP contribution in [-0.4, -0.2) is 40.5 Å². The maximum Gasteiger partial charge on any atom is 0.334 e. The third-order valence-corrected chi connectivity index (χ3v) is 5.92. The van der Waals surface area contributed by atoms with Crippen LogP contribution in [0.3, 0.4) is 0 Å². The highest BCUT2D eigenvalue weighted by atomic mass is 16.6. The Morgan fingerprint density at radius 1 is 1.17 bits per heavy atom. The van der Waals surface area contributed by atoms with Gasteiger partial charge in [0.05, 0.1) is 12.0 Å². The predicted octanol–water partition coefficient (Wildman–Crippen LogP) is 2.34. The molecule has 1 amide bonds. The number of hydrogen-bond acceptors (Lipinski definition) is 5. The molecule has 0 spiro atoms. The first kappa shape index (κ1) is 19.2. The number of hydrogen-bond donors (Lipinski definition) is 0. The van der Waals surface area contributed by atoms with E-state index in [-0.39, 0.29) is 23.4 Å². The number of benzene rings is 1. The van der Waals surface area contributed by atoms with Gasteiger partial charge in [-0.05, 0) is 42.5 Å². The summed E-state index contributed by atoms with van der Waals surface area (Å²) < 4.78 is 6.69. The molecule has 8 heteroatoms. The molecule has 152 valence electrons. The van der Waals surface area contributed by atoms with Crippen LogP contribution in [0.1, 0.15) is 30.0 Å². The molecule has 2 unspecified atom stereocenters. The topological polar surface area (TPSA) is 94.7 Å². The second-order valence-electron chi connectivity index (χ2n) is 7.76. The second-order valence-corrected chi connectivity index (χ2v) is 7.76. The van der Waals surface area contributed by atoms with Crippen LogP contribution in [0.2, 0.25) is 0 Å². The van der Waals surface area contributed by atoms with Gasteiger partial charge in [-0.3, -0.25) is 19.7 Å². The van der Waals surface area contributed by atoms with E-state index in [1.807, 2.05) is 29.2 Å². The molecule has 0 saturated carbocycles. The van der Waals surface area contributed by atoms with E-state index in [0.717, 1.165) is 23.4 Å². The summed E-state index contributed by atoms with van der Waals surface area (Å²) in [6.07, 6.45) is 2.00. The number of aromatic nitrogens is 1. The Morgan fingerprint density at radius 3 is 2.62 bits per heavy atom. The SMILES string of the molecule is COc1ccc(CCC(=O)N2CC3CC(C2)c2ccc([N+](=O)[O-])c(=O)n2C3)cc1. The number of carbonyl (C=O) groups excluding carboxylic acids is 1. The summed E-state index contributed by atoms with van der Waals surface area (Å²) in [7, 11) is 1.62. The molecule has 1 fully saturated rings. The summed E-state index contributed by atoms with van der Waals surface area (Å²) >= 11 is 0. The fourth-order valence-electron chi connectivity index (χ4n) is 4.48. The standard InChI is InChI=1S/C21H23N3O5/c1-29-17-5-2-14(3-6-17)4-9-20(25)22-11-15-10-16(13-22)18-7-8-19(24(27)28)21(26)23(18)12-15/h2-3,5-8,15-16H,4,9-13H2,1H3. The van der Waals surface area contributed by atoms with Gasteiger partial charge in [0.15, 0.2) is 0 Å². The molecule has 2 aliphatic rings. The minimum atomic E-state index is -0.630. The van der Waals surface area contributed by atoms with E-state index in [4.69, 9.17) is 4.74 Å². The van der Waals surface area contributed by atoms with Gasteiger partial charge in [-0.2, -0.15) is 0 Å². The normalized spacial score (nSPS) is 20.1. The van der Waals surface area contributed by atoms with Crippen molar-refractivity contribution < 1.29 is 14.5 Å². The number of aryl methyl sites for hydroxylation is 1. The fraction of sp³-hybridized carbons (Fsp3) is 0.429. The van der Waals surface area contributed by atoms with Crippen LogP contribution in [0.5, 0.6) is 5.75 Å². The lowest BCUT2D eigenvalue weighted by molar-refractivity contribution is -0.386. The van der Waals surface area contributed by atoms with Crippen LogP contribution in [0.25, 0.3) is 0 Å². The number of carbonyl (C=O) groups is 1. The van der Waals surface area contributed by atoms with Crippen molar-refractivity contribution in [2.24, 2.45) is 5.92 Å². The largest absolute Gasteiger partial charge is 0.497 e. The van der Waals surface area contributed by atoms with Crippen LogP contribution < -0.4 is 10.3 Å². The Hall–Kier alpha value is -3.16. The zero-order valence-electron chi connectivity index (χ0n) is 16.2. The molecule has 8 nitrogen and oxygen atoms in total. The van der Waals surface area contributed by atoms with Crippen molar-refractivity contribution in [3.8, 4) is 5.75 Å². The van der Waals surface area contributed by atoms with Crippen molar-refractivity contribution >= 4 is 11.6 Å². The van der Waals surface area contributed by atoms with Crippen molar-refractivity contribution in [1.82, 2.24) is 9.47 Å². The van der Waals surface area contributed by atoms with Gasteiger partial charge in [0.25, 0.3) is 0 Å². The molecule has 1 saturated heterocycles. The second kappa shape index (κ2) is 7.69. The third kappa shape index (κ3) is 3.74. The molecular formula is C21H23N3O5. The Bertz CT molecular complexity index is 998. The van der Waals surface area contributed by atoms with Gasteiger partial charge >= 0.3 is 11.2 Å². The smallest absolute Gasteiger partial charge is 0.334 e. The quantitative estimate of drug-likeness (QED) is 0.570. The summed E-state index contributed by atoms with van der Waals surface area (Å²) in [6, 6.07) is 10.7. The minimum Gasteiger partial charge on any atom is -0.497 e. The van der Waals surface area contributed by atoms with Gasteiger partial charge in [0.1, 0.15) is 5.75 Å². The Kier molecular flexibility index (Phi) is 5.08. The van der Waals surface area contributed by atoms with Crippen LogP contribution >= 0.6 is 0 Å². The highest BCUT2D eigenvalue weighted by Gasteiger charge is 2.37. The number of piperidine rings is 1. The van der Waals surface area contributed by atoms with E-state index in [1.165, 1.54) is 10.6 Å². The number of likely N-dealkylation sites (tertiary alicyclic amines) is 1. The van der Waals surface area contributed by atoms with E-state index >= 15 is 0 Å². The van der Waals surface area contributed by atoms with E-state index in [1.54, 1.807) is 13.2 Å². The summed E-state index contributed by atoms with van der Waals surface area (Å²) in [5.41, 5.74) is 0.952. The first-order valence-corrected chi connectivity index (χ1v) is 9.75. The molecule has 2 aliphatic heterocycles. The van der Waals surface area contributed by atoms with Crippen molar-refractivity contribution in [3.05, 3.63) is 68.1 Å². The van der Waals surface area contributed by atoms with E-state index in [2.05, 4.69) is 0 Å². The highest BCUT2D eigenvalue weighted by Crippen LogP contribution is 2.35. The van der Waals surface area contributed by atoms with E-state index < -0.39 is 10.5 Å². The number of rotatable bonds is 5. The first-order chi connectivity index (χ1) is 14.0. The summed E-state index contributed by atoms with van der Waals surface area (Å²) in [6.45, 7) is 1.57. The lowest BCUT2D eigenvalue weighted by atomic mass is 9.83. The number of amides is 1. The monoisotopic (exact) mass is 397 g/mol. The Labute approximate surface area is 167 Å². The third-order valence-electron chi connectivity index (χ3n) is 5.92. The highest BCUT2D eigenvalue weighted by molar-refractivity contribution is 5.76. The minimum absolute atomic E-state index is 0.0425. The molecule has 0 aliphatic carbocycles. The zero-order chi connectivity index (χ0) is 20.5. The van der Waals surface area contributed by atoms with Crippen molar-refractivity contribution in [2.45, 2.75) is 31.7 Å². The van der Waals surface area contributed by atoms with E-state index in [9.17, 15) is 19.7 Å². The number of fused-ring (bicyclic) bond motifs is 4. The van der Waals surface area contributed by atoms with Crippen LogP contribution in [0, 0.1) is 16.0 Å². The zero-order valence-corrected chi connectivity index (χ0v) is 16.2. The number of pyridine rings is 1. The molecule has 0 N–H and O–H groups in total. The van der Waals surface area contributed by atoms with Gasteiger partial charge in [0, 0.05) is 43.7 Å². The molecule has 1 aromatic carbocycles. The number of ether oxygens (including phenoxy) is 1. The molecular weight excluding hydrogens is 374 g/mol. The van der Waals surface area contributed by atoms with Crippen LogP contribution in [0.15, 0.2) is 41.2 Å². The van der Waals surface area contributed by atoms with Crippen molar-refractivity contribution in [3.63, 3.8) is 0 Å². The fourth-order valence-corrected chi connectivity index (χ4v) is 4.48. The molecule has 3 heterocycles. The van der Waals surface area contributed by atoms with Crippen molar-refractivity contribution in [2.75, 3.05) is 20.2 Å². The maximum atomic E-state index is 12.8. The summed E-state index contributed by atoms with van der Waals surface area (Å²) in [5.74, 6) is 1.08. The lowest BCUT2D eigenvalue weighted by Crippen LogP contribution is -2.49. The Balaban J connectivity index is 1.45. The molecule has 29 heavy (non-hydrogen) atoms. The first-order valence-electron chi connectivity index (χ1n) is 9.75. The lowest BCUT2D eigenvalue weighted by Gasteiger charge is -2.42. The van der Waals surface area contributed by atoms with Crippen molar-refractivity contribution in [1.29, 1.82) is 0 Å². The van der Waals surface area contributed by atoms with E-state index in [0.29, 0.717) is 32.5 Å². The molecule has 2 bridgehead atoms. The predicted molar refractivity (Wildman–Crippen MR) is 106 cm³/mol. The Morgan fingerprint density at radius 2 is 1.93 bits per heavy atom. The molecule has 1 aromatic heterocycles. The van der Waals surface area contributed by atoms with Crippen LogP contribution in [0.4, 0.5) is 5.69 Å². The molecule has 0 radical (unpaired) electrons. The van der Waals surface area contributed by atoms with Gasteiger partial charge in [-0.25, -0.2) is 0 Å². The number of methoxy groups -OCH3 is 1. The van der Waals surface area contributed by atoms with Gasteiger partial charge < -0.3 is 14.2 Å².